The molecule has 1 aromatic rings. The lowest BCUT2D eigenvalue weighted by atomic mass is 10.1. The van der Waals surface area contributed by atoms with Crippen LogP contribution in [0.5, 0.6) is 0 Å². The first-order valence-electron chi connectivity index (χ1n) is 9.29. The van der Waals surface area contributed by atoms with Gasteiger partial charge in [-0.2, -0.15) is 0 Å². The summed E-state index contributed by atoms with van der Waals surface area (Å²) in [4.78, 5) is 81.5. The number of aromatic nitrogens is 2. The smallest absolute Gasteiger partial charge is 0.330 e. The summed E-state index contributed by atoms with van der Waals surface area (Å²) in [6.45, 7) is -1.27. The van der Waals surface area contributed by atoms with Gasteiger partial charge < -0.3 is 48.7 Å². The number of carboxylic acid groups (broad SMARTS) is 1. The molecule has 5 unspecified atom stereocenters. The Morgan fingerprint density at radius 1 is 1.00 bits per heavy atom. The lowest BCUT2D eigenvalue weighted by Crippen LogP contribution is -2.37. The summed E-state index contributed by atoms with van der Waals surface area (Å²) in [7, 11) is -24.4. The molecule has 25 heteroatoms. The van der Waals surface area contributed by atoms with Crippen LogP contribution in [0.3, 0.4) is 0 Å². The number of phosphoric acid groups is 3. The first-order valence-corrected chi connectivity index (χ1v) is 15.4. The van der Waals surface area contributed by atoms with E-state index in [0.29, 0.717) is 4.57 Å². The normalized spacial score (nSPS) is 28.5. The van der Waals surface area contributed by atoms with Crippen LogP contribution in [-0.4, -0.2) is 61.9 Å². The number of carboxylic acids is 1. The topological polar surface area (TPSA) is 339 Å². The number of ether oxygens (including phenoxy) is 1. The number of rotatable bonds is 13. The minimum atomic E-state index is -6.48. The maximum Gasteiger partial charge on any atom is 0.330 e. The summed E-state index contributed by atoms with van der Waals surface area (Å²) in [5.41, 5.74) is -1.89. The fourth-order valence-corrected chi connectivity index (χ4v) is 7.88. The van der Waals surface area contributed by atoms with Crippen molar-refractivity contribution in [3.8, 4) is 0 Å². The van der Waals surface area contributed by atoms with Crippen LogP contribution < -0.4 is 30.8 Å². The predicted octanol–water partition coefficient (Wildman–Crippen LogP) is -4.34. The van der Waals surface area contributed by atoms with Gasteiger partial charge in [0, 0.05) is 18.4 Å². The fourth-order valence-electron chi connectivity index (χ4n) is 2.61. The molecular formula is C12H16N2O19P4-4. The van der Waals surface area contributed by atoms with Crippen molar-refractivity contribution in [2.75, 3.05) is 12.8 Å². The number of aliphatic hydroxyl groups is 2. The molecule has 0 radical (unpaired) electrons. The third-order valence-electron chi connectivity index (χ3n) is 4.08. The second-order valence-electron chi connectivity index (χ2n) is 6.92. The SMILES string of the molecule is O=C(O)CCP(=O)([O-])OP(=O)([O-])OP(=O)([O-])OP(=O)([O-])OC[C@H]1O[C@@H](n2ccc(=O)[nH]c2=O)[C@@H](O)C1O. The number of H-pyrrole nitrogens is 1. The molecule has 0 saturated carbocycles. The fraction of sp³-hybridized carbons (Fsp3) is 0.583. The molecule has 0 amide bonds. The summed E-state index contributed by atoms with van der Waals surface area (Å²) in [6, 6.07) is 0.857. The number of aliphatic hydroxyl groups excluding tert-OH is 2. The molecule has 1 fully saturated rings. The maximum atomic E-state index is 11.8. The molecular weight excluding hydrogens is 600 g/mol. The number of hydrogen-bond acceptors (Lipinski definition) is 18. The molecule has 1 aliphatic heterocycles. The van der Waals surface area contributed by atoms with Gasteiger partial charge >= 0.3 is 11.7 Å². The second-order valence-corrected chi connectivity index (χ2v) is 13.5. The summed E-state index contributed by atoms with van der Waals surface area (Å²) in [5, 5.41) is 28.4. The lowest BCUT2D eigenvalue weighted by Gasteiger charge is -2.36. The van der Waals surface area contributed by atoms with Gasteiger partial charge in [0.2, 0.25) is 0 Å². The van der Waals surface area contributed by atoms with E-state index >= 15 is 0 Å². The third kappa shape index (κ3) is 9.71. The van der Waals surface area contributed by atoms with Crippen molar-refractivity contribution >= 4 is 37.0 Å². The number of nitrogens with one attached hydrogen (secondary N) is 1. The molecule has 1 saturated heterocycles. The first kappa shape index (κ1) is 31.8. The molecule has 0 aliphatic carbocycles. The van der Waals surface area contributed by atoms with Gasteiger partial charge in [-0.25, -0.2) is 13.4 Å². The van der Waals surface area contributed by atoms with Gasteiger partial charge in [-0.15, -0.1) is 0 Å². The van der Waals surface area contributed by atoms with Crippen molar-refractivity contribution in [2.45, 2.75) is 31.0 Å². The molecule has 1 aromatic heterocycles. The third-order valence-corrected chi connectivity index (χ3v) is 10.3. The van der Waals surface area contributed by atoms with Gasteiger partial charge in [-0.05, 0) is 0 Å². The van der Waals surface area contributed by atoms with Crippen molar-refractivity contribution in [1.29, 1.82) is 0 Å². The monoisotopic (exact) mass is 616 g/mol. The van der Waals surface area contributed by atoms with Crippen molar-refractivity contribution in [2.24, 2.45) is 0 Å². The van der Waals surface area contributed by atoms with Crippen LogP contribution in [0.4, 0.5) is 0 Å². The van der Waals surface area contributed by atoms with Crippen LogP contribution in [0.25, 0.3) is 0 Å². The van der Waals surface area contributed by atoms with Gasteiger partial charge in [-0.1, -0.05) is 0 Å². The van der Waals surface area contributed by atoms with Crippen LogP contribution in [0.2, 0.25) is 0 Å². The Balaban J connectivity index is 2.01. The van der Waals surface area contributed by atoms with E-state index in [1.165, 1.54) is 0 Å². The molecule has 21 nitrogen and oxygen atoms in total. The number of aromatic amines is 1. The summed E-state index contributed by atoms with van der Waals surface area (Å²) in [6.07, 6.45) is -8.89. The van der Waals surface area contributed by atoms with E-state index in [1.54, 1.807) is 0 Å². The Morgan fingerprint density at radius 2 is 1.57 bits per heavy atom. The van der Waals surface area contributed by atoms with E-state index < -0.39 is 92.0 Å². The Bertz CT molecular complexity index is 1310. The highest BCUT2D eigenvalue weighted by molar-refractivity contribution is 7.69. The van der Waals surface area contributed by atoms with Gasteiger partial charge in [-0.3, -0.25) is 37.1 Å². The first-order chi connectivity index (χ1) is 16.7. The van der Waals surface area contributed by atoms with E-state index in [0.717, 1.165) is 12.3 Å². The number of hydrogen-bond donors (Lipinski definition) is 4. The molecule has 212 valence electrons. The zero-order chi connectivity index (χ0) is 28.4. The van der Waals surface area contributed by atoms with Crippen LogP contribution in [0.15, 0.2) is 21.9 Å². The van der Waals surface area contributed by atoms with E-state index in [1.807, 2.05) is 4.98 Å². The van der Waals surface area contributed by atoms with E-state index in [9.17, 15) is 62.4 Å². The van der Waals surface area contributed by atoms with Crippen LogP contribution >= 0.6 is 31.1 Å². The second kappa shape index (κ2) is 11.8. The zero-order valence-electron chi connectivity index (χ0n) is 17.7. The highest BCUT2D eigenvalue weighted by Gasteiger charge is 2.44. The van der Waals surface area contributed by atoms with Crippen LogP contribution in [0, 0.1) is 0 Å². The molecule has 0 bridgehead atoms. The van der Waals surface area contributed by atoms with E-state index in [-0.39, 0.29) is 0 Å². The van der Waals surface area contributed by atoms with Gasteiger partial charge in [0.25, 0.3) is 29.0 Å². The van der Waals surface area contributed by atoms with Crippen LogP contribution in [-0.2, 0) is 45.2 Å². The lowest BCUT2D eigenvalue weighted by molar-refractivity contribution is -0.251. The highest BCUT2D eigenvalue weighted by Crippen LogP contribution is 2.66. The molecule has 4 N–H and O–H groups in total. The van der Waals surface area contributed by atoms with Crippen LogP contribution in [0.1, 0.15) is 12.6 Å². The molecule has 2 rings (SSSR count). The Labute approximate surface area is 204 Å². The van der Waals surface area contributed by atoms with Gasteiger partial charge in [0.05, 0.1) is 13.0 Å². The largest absolute Gasteiger partial charge is 0.778 e. The zero-order valence-corrected chi connectivity index (χ0v) is 21.3. The van der Waals surface area contributed by atoms with E-state index in [2.05, 4.69) is 17.5 Å². The number of phosphoric ester groups is 1. The van der Waals surface area contributed by atoms with Gasteiger partial charge in [0.15, 0.2) is 6.23 Å². The number of aliphatic carboxylic acids is 1. The summed E-state index contributed by atoms with van der Waals surface area (Å²) in [5.74, 6) is -1.68. The Morgan fingerprint density at radius 3 is 2.14 bits per heavy atom. The average Bonchev–Trinajstić information content (AvgIpc) is 2.97. The molecule has 37 heavy (non-hydrogen) atoms. The van der Waals surface area contributed by atoms with Crippen molar-refractivity contribution in [3.05, 3.63) is 33.1 Å². The van der Waals surface area contributed by atoms with Crippen molar-refractivity contribution < 1.29 is 80.1 Å². The standard InChI is InChI=1S/C12H20N2O19P4/c15-7-1-3-14(12(20)13-7)11-10(19)9(18)6(30-11)5-29-35(23,24)32-37(27,28)33-36(25,26)31-34(21,22)4-2-8(16)17/h1,3,6,9-11,18-19H,2,4-5H2,(H,16,17)(H,21,22)(H,23,24)(H,25,26)(H,27,28)(H,13,15,20)/p-4/t6-,9?,10+,11-/m1/s1. The molecule has 1 aliphatic rings. The Hall–Kier alpha value is -1.37. The van der Waals surface area contributed by atoms with Crippen molar-refractivity contribution in [3.63, 3.8) is 0 Å². The van der Waals surface area contributed by atoms with E-state index in [4.69, 9.17) is 9.84 Å². The average molecular weight is 616 g/mol. The van der Waals surface area contributed by atoms with Gasteiger partial charge in [0.1, 0.15) is 25.9 Å². The Kier molecular flexibility index (Phi) is 10.1. The predicted molar refractivity (Wildman–Crippen MR) is 104 cm³/mol. The quantitative estimate of drug-likeness (QED) is 0.152. The number of nitrogens with zero attached hydrogens (tertiary/aromatic N) is 1. The molecule has 8 atom stereocenters. The molecule has 2 heterocycles. The molecule has 0 spiro atoms. The summed E-state index contributed by atoms with van der Waals surface area (Å²) >= 11 is 0. The maximum absolute atomic E-state index is 11.8. The highest BCUT2D eigenvalue weighted by atomic mass is 31.3. The minimum Gasteiger partial charge on any atom is -0.778 e. The molecule has 0 aromatic carbocycles. The van der Waals surface area contributed by atoms with Crippen molar-refractivity contribution in [1.82, 2.24) is 9.55 Å². The minimum absolute atomic E-state index is 0.624. The number of carbonyl (C=O) groups is 1. The summed E-state index contributed by atoms with van der Waals surface area (Å²) < 4.78 is 66.5.